The van der Waals surface area contributed by atoms with Gasteiger partial charge in [-0.1, -0.05) is 31.7 Å². The summed E-state index contributed by atoms with van der Waals surface area (Å²) in [6, 6.07) is 0. The summed E-state index contributed by atoms with van der Waals surface area (Å²) in [5, 5.41) is 0. The van der Waals surface area contributed by atoms with Gasteiger partial charge in [0, 0.05) is 12.1 Å². The second kappa shape index (κ2) is 6.05. The van der Waals surface area contributed by atoms with Gasteiger partial charge >= 0.3 is 0 Å². The first-order valence-corrected chi connectivity index (χ1v) is 6.55. The third-order valence-electron chi connectivity index (χ3n) is 3.36. The second-order valence-corrected chi connectivity index (χ2v) is 5.33. The van der Waals surface area contributed by atoms with Crippen molar-refractivity contribution in [2.45, 2.75) is 46.1 Å². The Morgan fingerprint density at radius 1 is 1.50 bits per heavy atom. The lowest BCUT2D eigenvalue weighted by Gasteiger charge is -2.27. The van der Waals surface area contributed by atoms with E-state index in [1.807, 2.05) is 0 Å². The summed E-state index contributed by atoms with van der Waals surface area (Å²) in [5.41, 5.74) is 9.02. The van der Waals surface area contributed by atoms with Gasteiger partial charge in [-0.25, -0.2) is 0 Å². The highest BCUT2D eigenvalue weighted by Gasteiger charge is 2.19. The first-order chi connectivity index (χ1) is 8.39. The molecule has 0 amide bonds. The normalized spacial score (nSPS) is 16.4. The van der Waals surface area contributed by atoms with Crippen molar-refractivity contribution in [3.05, 3.63) is 47.3 Å². The molecule has 0 unspecified atom stereocenters. The van der Waals surface area contributed by atoms with Gasteiger partial charge in [0.05, 0.1) is 0 Å². The minimum atomic E-state index is -0.166. The molecule has 0 heterocycles. The third kappa shape index (κ3) is 3.88. The van der Waals surface area contributed by atoms with Gasteiger partial charge in [-0.3, -0.25) is 0 Å². The van der Waals surface area contributed by atoms with Crippen LogP contribution >= 0.6 is 0 Å². The molecular formula is C16H25NO. The van der Waals surface area contributed by atoms with Crippen LogP contribution in [0.3, 0.4) is 0 Å². The Hall–Kier alpha value is -1.28. The van der Waals surface area contributed by atoms with E-state index in [-0.39, 0.29) is 5.60 Å². The van der Waals surface area contributed by atoms with E-state index in [4.69, 9.17) is 10.5 Å². The van der Waals surface area contributed by atoms with Crippen LogP contribution in [0.5, 0.6) is 0 Å². The standard InChI is InChI=1S/C16H25NO/c1-6-16(4,5)18-13(3)15-9-7-8-14(11-17)10-12(15)2/h7-8,10H,3,6,9,11,17H2,1-2,4-5H3. The average molecular weight is 247 g/mol. The summed E-state index contributed by atoms with van der Waals surface area (Å²) in [4.78, 5) is 0. The van der Waals surface area contributed by atoms with Crippen molar-refractivity contribution in [2.75, 3.05) is 6.54 Å². The molecule has 0 saturated carbocycles. The molecule has 2 N–H and O–H groups in total. The SMILES string of the molecule is C=C(OC(C)(C)CC)C1=C(C)C=C(CN)C=CC1. The van der Waals surface area contributed by atoms with Gasteiger partial charge in [0.25, 0.3) is 0 Å². The van der Waals surface area contributed by atoms with Gasteiger partial charge in [0.1, 0.15) is 11.4 Å². The zero-order valence-corrected chi connectivity index (χ0v) is 12.0. The van der Waals surface area contributed by atoms with Crippen molar-refractivity contribution >= 4 is 0 Å². The smallest absolute Gasteiger partial charge is 0.116 e. The zero-order valence-electron chi connectivity index (χ0n) is 12.0. The first-order valence-electron chi connectivity index (χ1n) is 6.55. The molecule has 0 aromatic carbocycles. The van der Waals surface area contributed by atoms with E-state index in [1.54, 1.807) is 0 Å². The van der Waals surface area contributed by atoms with E-state index in [0.29, 0.717) is 6.54 Å². The quantitative estimate of drug-likeness (QED) is 0.749. The van der Waals surface area contributed by atoms with Crippen LogP contribution in [0.25, 0.3) is 0 Å². The molecule has 0 saturated heterocycles. The van der Waals surface area contributed by atoms with Gasteiger partial charge in [-0.05, 0) is 44.8 Å². The van der Waals surface area contributed by atoms with Gasteiger partial charge in [0.2, 0.25) is 0 Å². The third-order valence-corrected chi connectivity index (χ3v) is 3.36. The molecule has 100 valence electrons. The molecule has 0 atom stereocenters. The van der Waals surface area contributed by atoms with Crippen molar-refractivity contribution in [3.63, 3.8) is 0 Å². The number of rotatable bonds is 5. The molecule has 0 aromatic rings. The first kappa shape index (κ1) is 14.8. The molecule has 1 aliphatic carbocycles. The van der Waals surface area contributed by atoms with Crippen LogP contribution in [0.1, 0.15) is 40.5 Å². The van der Waals surface area contributed by atoms with E-state index in [1.165, 1.54) is 5.57 Å². The zero-order chi connectivity index (χ0) is 13.8. The highest BCUT2D eigenvalue weighted by molar-refractivity contribution is 5.43. The summed E-state index contributed by atoms with van der Waals surface area (Å²) in [6.45, 7) is 13.0. The van der Waals surface area contributed by atoms with Gasteiger partial charge < -0.3 is 10.5 Å². The monoisotopic (exact) mass is 247 g/mol. The van der Waals surface area contributed by atoms with Crippen LogP contribution < -0.4 is 5.73 Å². The predicted octanol–water partition coefficient (Wildman–Crippen LogP) is 3.87. The van der Waals surface area contributed by atoms with Crippen LogP contribution in [-0.2, 0) is 4.74 Å². The molecule has 0 spiro atoms. The Kier molecular flexibility index (Phi) is 4.97. The Balaban J connectivity index is 2.92. The van der Waals surface area contributed by atoms with E-state index in [9.17, 15) is 0 Å². The average Bonchev–Trinajstić information content (AvgIpc) is 2.50. The van der Waals surface area contributed by atoms with Crippen molar-refractivity contribution in [3.8, 4) is 0 Å². The molecule has 0 aromatic heterocycles. The highest BCUT2D eigenvalue weighted by atomic mass is 16.5. The molecular weight excluding hydrogens is 222 g/mol. The van der Waals surface area contributed by atoms with Crippen LogP contribution in [0.2, 0.25) is 0 Å². The maximum atomic E-state index is 5.97. The Morgan fingerprint density at radius 3 is 2.72 bits per heavy atom. The molecule has 18 heavy (non-hydrogen) atoms. The van der Waals surface area contributed by atoms with Gasteiger partial charge in [-0.2, -0.15) is 0 Å². The number of nitrogens with two attached hydrogens (primary N) is 1. The molecule has 0 fully saturated rings. The van der Waals surface area contributed by atoms with Crippen molar-refractivity contribution < 1.29 is 4.74 Å². The van der Waals surface area contributed by atoms with Crippen molar-refractivity contribution in [1.29, 1.82) is 0 Å². The number of ether oxygens (including phenoxy) is 1. The van der Waals surface area contributed by atoms with Crippen molar-refractivity contribution in [2.24, 2.45) is 5.73 Å². The molecule has 2 heteroatoms. The van der Waals surface area contributed by atoms with Crippen LogP contribution in [0.4, 0.5) is 0 Å². The lowest BCUT2D eigenvalue weighted by molar-refractivity contribution is 0.0367. The number of allylic oxidation sites excluding steroid dienone is 4. The van der Waals surface area contributed by atoms with Crippen molar-refractivity contribution in [1.82, 2.24) is 0 Å². The van der Waals surface area contributed by atoms with E-state index < -0.39 is 0 Å². The highest BCUT2D eigenvalue weighted by Crippen LogP contribution is 2.28. The summed E-state index contributed by atoms with van der Waals surface area (Å²) in [7, 11) is 0. The molecule has 1 aliphatic rings. The van der Waals surface area contributed by atoms with E-state index in [0.717, 1.165) is 29.7 Å². The minimum Gasteiger partial charge on any atom is -0.488 e. The summed E-state index contributed by atoms with van der Waals surface area (Å²) in [5.74, 6) is 0.776. The number of hydrogen-bond acceptors (Lipinski definition) is 2. The fourth-order valence-electron chi connectivity index (χ4n) is 1.83. The minimum absolute atomic E-state index is 0.166. The predicted molar refractivity (Wildman–Crippen MR) is 78.2 cm³/mol. The van der Waals surface area contributed by atoms with Crippen LogP contribution in [0, 0.1) is 0 Å². The molecule has 0 aliphatic heterocycles. The summed E-state index contributed by atoms with van der Waals surface area (Å²) >= 11 is 0. The molecule has 0 bridgehead atoms. The maximum Gasteiger partial charge on any atom is 0.116 e. The largest absolute Gasteiger partial charge is 0.488 e. The molecule has 2 nitrogen and oxygen atoms in total. The van der Waals surface area contributed by atoms with Gasteiger partial charge in [0.15, 0.2) is 0 Å². The molecule has 0 radical (unpaired) electrons. The van der Waals surface area contributed by atoms with Crippen LogP contribution in [-0.4, -0.2) is 12.1 Å². The topological polar surface area (TPSA) is 35.2 Å². The second-order valence-electron chi connectivity index (χ2n) is 5.33. The van der Waals surface area contributed by atoms with E-state index >= 15 is 0 Å². The number of hydrogen-bond donors (Lipinski definition) is 1. The maximum absolute atomic E-state index is 5.97. The summed E-state index contributed by atoms with van der Waals surface area (Å²) < 4.78 is 5.97. The van der Waals surface area contributed by atoms with Gasteiger partial charge in [-0.15, -0.1) is 0 Å². The van der Waals surface area contributed by atoms with E-state index in [2.05, 4.69) is 52.5 Å². The Morgan fingerprint density at radius 2 is 2.17 bits per heavy atom. The lowest BCUT2D eigenvalue weighted by atomic mass is 10.0. The summed E-state index contributed by atoms with van der Waals surface area (Å²) in [6.07, 6.45) is 8.13. The lowest BCUT2D eigenvalue weighted by Crippen LogP contribution is -2.23. The Bertz CT molecular complexity index is 411. The molecule has 1 rings (SSSR count). The van der Waals surface area contributed by atoms with Crippen LogP contribution in [0.15, 0.2) is 47.3 Å². The Labute approximate surface area is 111 Å². The fraction of sp³-hybridized carbons (Fsp3) is 0.500. The fourth-order valence-corrected chi connectivity index (χ4v) is 1.83.